The van der Waals surface area contributed by atoms with Gasteiger partial charge in [-0.1, -0.05) is 0 Å². The van der Waals surface area contributed by atoms with Gasteiger partial charge in [0.25, 0.3) is 0 Å². The molecule has 0 heterocycles. The van der Waals surface area contributed by atoms with Gasteiger partial charge >= 0.3 is 0 Å². The number of hydrogen-bond acceptors (Lipinski definition) is 4. The molecule has 20 heavy (non-hydrogen) atoms. The third-order valence-corrected chi connectivity index (χ3v) is 3.71. The van der Waals surface area contributed by atoms with Crippen LogP contribution in [0.3, 0.4) is 0 Å². The van der Waals surface area contributed by atoms with Crippen LogP contribution in [0.5, 0.6) is 0 Å². The molecular weight excluding hydrogens is 248 g/mol. The van der Waals surface area contributed by atoms with Crippen molar-refractivity contribution in [3.63, 3.8) is 0 Å². The minimum absolute atomic E-state index is 1.09. The van der Waals surface area contributed by atoms with E-state index < -0.39 is 0 Å². The average molecular weight is 280 g/mol. The highest BCUT2D eigenvalue weighted by Gasteiger charge is 2.21. The van der Waals surface area contributed by atoms with Gasteiger partial charge in [-0.25, -0.2) is 0 Å². The molecule has 0 bridgehead atoms. The maximum Gasteiger partial charge on any atom is 0.102 e. The van der Waals surface area contributed by atoms with Crippen LogP contribution in [-0.2, 0) is 0 Å². The fourth-order valence-electron chi connectivity index (χ4n) is 3.40. The van der Waals surface area contributed by atoms with Crippen molar-refractivity contribution in [1.29, 1.82) is 0 Å². The summed E-state index contributed by atoms with van der Waals surface area (Å²) in [5, 5.41) is 0. The summed E-state index contributed by atoms with van der Waals surface area (Å²) in [6, 6.07) is 0. The summed E-state index contributed by atoms with van der Waals surface area (Å²) in [6.45, 7) is 0. The molecular formula is C16H32N4. The van der Waals surface area contributed by atoms with Gasteiger partial charge in [-0.3, -0.25) is 0 Å². The van der Waals surface area contributed by atoms with Crippen molar-refractivity contribution in [3.05, 3.63) is 22.8 Å². The minimum atomic E-state index is 1.09. The summed E-state index contributed by atoms with van der Waals surface area (Å²) in [4.78, 5) is 8.96. The molecule has 0 unspecified atom stereocenters. The van der Waals surface area contributed by atoms with Crippen LogP contribution in [0.15, 0.2) is 22.8 Å². The lowest BCUT2D eigenvalue weighted by Crippen LogP contribution is -2.29. The van der Waals surface area contributed by atoms with Gasteiger partial charge in [0, 0.05) is 56.4 Å². The van der Waals surface area contributed by atoms with Crippen molar-refractivity contribution < 1.29 is 0 Å². The fourth-order valence-corrected chi connectivity index (χ4v) is 3.40. The monoisotopic (exact) mass is 280 g/mol. The summed E-state index contributed by atoms with van der Waals surface area (Å²) >= 11 is 0. The summed E-state index contributed by atoms with van der Waals surface area (Å²) in [7, 11) is 17.1. The zero-order valence-electron chi connectivity index (χ0n) is 14.6. The quantitative estimate of drug-likeness (QED) is 0.783. The van der Waals surface area contributed by atoms with Crippen LogP contribution >= 0.6 is 0 Å². The number of nitrogens with zero attached hydrogens (tertiary/aromatic N) is 4. The molecule has 0 saturated heterocycles. The maximum absolute atomic E-state index is 2.24. The third-order valence-electron chi connectivity index (χ3n) is 3.71. The summed E-state index contributed by atoms with van der Waals surface area (Å²) in [5.74, 6) is 2.72. The molecule has 0 aromatic carbocycles. The van der Waals surface area contributed by atoms with E-state index in [4.69, 9.17) is 0 Å². The molecule has 0 N–H and O–H groups in total. The van der Waals surface area contributed by atoms with E-state index in [1.54, 1.807) is 11.1 Å². The molecule has 1 aliphatic carbocycles. The van der Waals surface area contributed by atoms with E-state index in [0.29, 0.717) is 0 Å². The van der Waals surface area contributed by atoms with E-state index in [9.17, 15) is 0 Å². The van der Waals surface area contributed by atoms with Crippen LogP contribution in [0, 0.1) is 0 Å². The molecule has 0 spiro atoms. The molecule has 0 aromatic heterocycles. The van der Waals surface area contributed by atoms with Crippen LogP contribution in [0.25, 0.3) is 0 Å². The van der Waals surface area contributed by atoms with Gasteiger partial charge in [-0.05, 0) is 36.8 Å². The van der Waals surface area contributed by atoms with E-state index in [-0.39, 0.29) is 0 Å². The van der Waals surface area contributed by atoms with Gasteiger partial charge in [-0.2, -0.15) is 0 Å². The Morgan fingerprint density at radius 1 is 0.600 bits per heavy atom. The topological polar surface area (TPSA) is 13.0 Å². The molecule has 0 atom stereocenters. The molecule has 1 rings (SSSR count). The molecule has 0 radical (unpaired) electrons. The van der Waals surface area contributed by atoms with E-state index >= 15 is 0 Å². The highest BCUT2D eigenvalue weighted by atomic mass is 15.3. The van der Waals surface area contributed by atoms with E-state index in [1.807, 2.05) is 0 Å². The van der Waals surface area contributed by atoms with Gasteiger partial charge < -0.3 is 19.6 Å². The molecule has 4 heteroatoms. The molecule has 1 fully saturated rings. The Labute approximate surface area is 125 Å². The Morgan fingerprint density at radius 3 is 1.15 bits per heavy atom. The molecule has 0 amide bonds. The molecule has 1 saturated carbocycles. The first-order chi connectivity index (χ1) is 9.25. The summed E-state index contributed by atoms with van der Waals surface area (Å²) < 4.78 is 0. The lowest BCUT2D eigenvalue weighted by Gasteiger charge is -2.34. The second kappa shape index (κ2) is 6.91. The molecule has 0 aliphatic heterocycles. The van der Waals surface area contributed by atoms with Crippen molar-refractivity contribution in [3.8, 4) is 0 Å². The van der Waals surface area contributed by atoms with Crippen LogP contribution in [-0.4, -0.2) is 76.0 Å². The second-order valence-electron chi connectivity index (χ2n) is 6.46. The standard InChI is InChI=1S/C16H32N4/c1-17(2)15(18(3)4)13-10-9-11-14(12-13)16(19(5)6)20(7)8/h9-12H2,1-8H3. The van der Waals surface area contributed by atoms with Crippen LogP contribution < -0.4 is 0 Å². The molecule has 0 aromatic rings. The van der Waals surface area contributed by atoms with Crippen LogP contribution in [0.4, 0.5) is 0 Å². The van der Waals surface area contributed by atoms with Crippen molar-refractivity contribution >= 4 is 0 Å². The van der Waals surface area contributed by atoms with Crippen molar-refractivity contribution in [2.75, 3.05) is 56.4 Å². The number of rotatable bonds is 4. The lowest BCUT2D eigenvalue weighted by molar-refractivity contribution is 0.319. The Bertz CT molecular complexity index is 333. The number of hydrogen-bond donors (Lipinski definition) is 0. The second-order valence-corrected chi connectivity index (χ2v) is 6.46. The number of allylic oxidation sites excluding steroid dienone is 2. The Hall–Kier alpha value is -1.32. The molecule has 116 valence electrons. The third kappa shape index (κ3) is 3.84. The highest BCUT2D eigenvalue weighted by molar-refractivity contribution is 5.26. The first-order valence-electron chi connectivity index (χ1n) is 7.39. The summed E-state index contributed by atoms with van der Waals surface area (Å²) in [6.07, 6.45) is 4.77. The van der Waals surface area contributed by atoms with E-state index in [2.05, 4.69) is 76.0 Å². The van der Waals surface area contributed by atoms with Crippen LogP contribution in [0.2, 0.25) is 0 Å². The van der Waals surface area contributed by atoms with Gasteiger partial charge in [0.05, 0.1) is 0 Å². The fraction of sp³-hybridized carbons (Fsp3) is 0.750. The normalized spacial score (nSPS) is 15.0. The van der Waals surface area contributed by atoms with E-state index in [1.165, 1.54) is 30.9 Å². The zero-order chi connectivity index (χ0) is 15.4. The van der Waals surface area contributed by atoms with Gasteiger partial charge in [0.15, 0.2) is 0 Å². The maximum atomic E-state index is 2.24. The smallest absolute Gasteiger partial charge is 0.102 e. The summed E-state index contributed by atoms with van der Waals surface area (Å²) in [5.41, 5.74) is 3.12. The largest absolute Gasteiger partial charge is 0.364 e. The predicted molar refractivity (Wildman–Crippen MR) is 87.3 cm³/mol. The Morgan fingerprint density at radius 2 is 0.900 bits per heavy atom. The highest BCUT2D eigenvalue weighted by Crippen LogP contribution is 2.33. The van der Waals surface area contributed by atoms with Crippen molar-refractivity contribution in [2.24, 2.45) is 0 Å². The minimum Gasteiger partial charge on any atom is -0.364 e. The predicted octanol–water partition coefficient (Wildman–Crippen LogP) is 2.23. The molecule has 4 nitrogen and oxygen atoms in total. The Balaban J connectivity index is 3.19. The molecule has 1 aliphatic rings. The van der Waals surface area contributed by atoms with Crippen LogP contribution in [0.1, 0.15) is 25.7 Å². The average Bonchev–Trinajstić information content (AvgIpc) is 2.27. The van der Waals surface area contributed by atoms with Crippen molar-refractivity contribution in [1.82, 2.24) is 19.6 Å². The lowest BCUT2D eigenvalue weighted by atomic mass is 9.89. The van der Waals surface area contributed by atoms with E-state index in [0.717, 1.165) is 6.42 Å². The van der Waals surface area contributed by atoms with Gasteiger partial charge in [-0.15, -0.1) is 0 Å². The SMILES string of the molecule is CN(C)C(=C1CCCC(=C(N(C)C)N(C)C)C1)N(C)C. The first kappa shape index (κ1) is 16.7. The van der Waals surface area contributed by atoms with Gasteiger partial charge in [0.2, 0.25) is 0 Å². The van der Waals surface area contributed by atoms with Crippen molar-refractivity contribution in [2.45, 2.75) is 25.7 Å². The zero-order valence-corrected chi connectivity index (χ0v) is 14.6. The van der Waals surface area contributed by atoms with Gasteiger partial charge in [0.1, 0.15) is 11.6 Å². The first-order valence-corrected chi connectivity index (χ1v) is 7.39. The Kier molecular flexibility index (Phi) is 5.78.